The smallest absolute Gasteiger partial charge is 0.131 e. The molecule has 0 saturated carbocycles. The van der Waals surface area contributed by atoms with Crippen LogP contribution in [0.5, 0.6) is 0 Å². The molecule has 0 aromatic heterocycles. The van der Waals surface area contributed by atoms with Crippen LogP contribution in [0.2, 0.25) is 0 Å². The van der Waals surface area contributed by atoms with E-state index < -0.39 is 0 Å². The summed E-state index contributed by atoms with van der Waals surface area (Å²) in [6.45, 7) is 4.97. The minimum Gasteiger partial charge on any atom is -0.492 e. The zero-order chi connectivity index (χ0) is 14.9. The SMILES string of the molecule is CC1(C)COC(c2cccc(N=O)c2)=C1c1ccccc1. The van der Waals surface area contributed by atoms with E-state index in [-0.39, 0.29) is 5.41 Å². The van der Waals surface area contributed by atoms with Gasteiger partial charge in [-0.3, -0.25) is 0 Å². The average Bonchev–Trinajstić information content (AvgIpc) is 2.83. The fraction of sp³-hybridized carbons (Fsp3) is 0.222. The van der Waals surface area contributed by atoms with Crippen molar-refractivity contribution in [3.8, 4) is 0 Å². The van der Waals surface area contributed by atoms with Crippen LogP contribution in [-0.2, 0) is 4.74 Å². The first-order chi connectivity index (χ1) is 10.1. The molecular formula is C18H17NO2. The monoisotopic (exact) mass is 279 g/mol. The lowest BCUT2D eigenvalue weighted by Gasteiger charge is -2.19. The Bertz CT molecular complexity index is 702. The Kier molecular flexibility index (Phi) is 3.34. The lowest BCUT2D eigenvalue weighted by atomic mass is 9.81. The molecule has 0 amide bonds. The van der Waals surface area contributed by atoms with Crippen molar-refractivity contribution < 1.29 is 4.74 Å². The van der Waals surface area contributed by atoms with E-state index in [2.05, 4.69) is 31.2 Å². The van der Waals surface area contributed by atoms with Crippen LogP contribution in [0, 0.1) is 10.3 Å². The van der Waals surface area contributed by atoms with E-state index in [1.807, 2.05) is 30.3 Å². The van der Waals surface area contributed by atoms with E-state index in [0.29, 0.717) is 12.3 Å². The van der Waals surface area contributed by atoms with E-state index in [4.69, 9.17) is 4.74 Å². The normalized spacial score (nSPS) is 16.7. The highest BCUT2D eigenvalue weighted by Gasteiger charge is 2.35. The summed E-state index contributed by atoms with van der Waals surface area (Å²) in [5, 5.41) is 3.01. The Morgan fingerprint density at radius 2 is 1.71 bits per heavy atom. The summed E-state index contributed by atoms with van der Waals surface area (Å²) < 4.78 is 5.96. The van der Waals surface area contributed by atoms with Crippen LogP contribution in [0.1, 0.15) is 25.0 Å². The molecule has 0 fully saturated rings. The maximum absolute atomic E-state index is 10.7. The summed E-state index contributed by atoms with van der Waals surface area (Å²) in [4.78, 5) is 10.7. The Morgan fingerprint density at radius 3 is 2.43 bits per heavy atom. The molecule has 1 heterocycles. The van der Waals surface area contributed by atoms with Gasteiger partial charge >= 0.3 is 0 Å². The summed E-state index contributed by atoms with van der Waals surface area (Å²) in [7, 11) is 0. The molecular weight excluding hydrogens is 262 g/mol. The van der Waals surface area contributed by atoms with Gasteiger partial charge in [-0.15, -0.1) is 4.91 Å². The zero-order valence-electron chi connectivity index (χ0n) is 12.2. The highest BCUT2D eigenvalue weighted by molar-refractivity contribution is 5.92. The first kappa shape index (κ1) is 13.6. The van der Waals surface area contributed by atoms with Gasteiger partial charge in [0.05, 0.1) is 6.61 Å². The Labute approximate surface area is 124 Å². The van der Waals surface area contributed by atoms with Crippen LogP contribution in [0.15, 0.2) is 59.8 Å². The van der Waals surface area contributed by atoms with E-state index in [0.717, 1.165) is 16.9 Å². The molecule has 106 valence electrons. The molecule has 0 N–H and O–H groups in total. The Balaban J connectivity index is 2.19. The lowest BCUT2D eigenvalue weighted by Crippen LogP contribution is -2.14. The van der Waals surface area contributed by atoms with Crippen molar-refractivity contribution >= 4 is 17.0 Å². The largest absolute Gasteiger partial charge is 0.492 e. The van der Waals surface area contributed by atoms with Crippen LogP contribution in [0.25, 0.3) is 11.3 Å². The second-order valence-corrected chi connectivity index (χ2v) is 5.88. The Morgan fingerprint density at radius 1 is 1.00 bits per heavy atom. The summed E-state index contributed by atoms with van der Waals surface area (Å²) in [5.41, 5.74) is 3.57. The molecule has 3 rings (SSSR count). The Hall–Kier alpha value is -2.42. The molecule has 2 aromatic rings. The average molecular weight is 279 g/mol. The van der Waals surface area contributed by atoms with Gasteiger partial charge in [-0.2, -0.15) is 0 Å². The number of ether oxygens (including phenoxy) is 1. The molecule has 1 aliphatic heterocycles. The van der Waals surface area contributed by atoms with Crippen molar-refractivity contribution in [1.82, 2.24) is 0 Å². The molecule has 0 aliphatic carbocycles. The second-order valence-electron chi connectivity index (χ2n) is 5.88. The highest BCUT2D eigenvalue weighted by atomic mass is 16.5. The van der Waals surface area contributed by atoms with Crippen molar-refractivity contribution in [2.45, 2.75) is 13.8 Å². The van der Waals surface area contributed by atoms with E-state index >= 15 is 0 Å². The minimum atomic E-state index is -0.0682. The standard InChI is InChI=1S/C18H17NO2/c1-18(2)12-21-17(14-9-6-10-15(11-14)19-20)16(18)13-7-4-3-5-8-13/h3-11H,12H2,1-2H3. The summed E-state index contributed by atoms with van der Waals surface area (Å²) in [6, 6.07) is 17.5. The minimum absolute atomic E-state index is 0.0682. The number of nitroso groups, excluding NO2 is 1. The molecule has 1 aliphatic rings. The molecule has 0 radical (unpaired) electrons. The maximum atomic E-state index is 10.7. The molecule has 2 aromatic carbocycles. The molecule has 0 unspecified atom stereocenters. The maximum Gasteiger partial charge on any atom is 0.131 e. The van der Waals surface area contributed by atoms with E-state index in [9.17, 15) is 4.91 Å². The van der Waals surface area contributed by atoms with Crippen molar-refractivity contribution in [2.75, 3.05) is 6.61 Å². The summed E-state index contributed by atoms with van der Waals surface area (Å²) in [6.07, 6.45) is 0. The van der Waals surface area contributed by atoms with Gasteiger partial charge in [0.1, 0.15) is 11.4 Å². The van der Waals surface area contributed by atoms with Crippen molar-refractivity contribution in [2.24, 2.45) is 10.6 Å². The molecule has 3 nitrogen and oxygen atoms in total. The van der Waals surface area contributed by atoms with Gasteiger partial charge < -0.3 is 4.74 Å². The van der Waals surface area contributed by atoms with Gasteiger partial charge in [0.15, 0.2) is 0 Å². The van der Waals surface area contributed by atoms with Crippen LogP contribution < -0.4 is 0 Å². The predicted molar refractivity (Wildman–Crippen MR) is 84.9 cm³/mol. The van der Waals surface area contributed by atoms with Crippen molar-refractivity contribution in [3.63, 3.8) is 0 Å². The fourth-order valence-corrected chi connectivity index (χ4v) is 2.76. The van der Waals surface area contributed by atoms with Crippen LogP contribution in [0.3, 0.4) is 0 Å². The van der Waals surface area contributed by atoms with E-state index in [1.54, 1.807) is 12.1 Å². The third kappa shape index (κ3) is 2.47. The van der Waals surface area contributed by atoms with Crippen LogP contribution in [0.4, 0.5) is 5.69 Å². The third-order valence-electron chi connectivity index (χ3n) is 3.76. The van der Waals surface area contributed by atoms with Gasteiger partial charge in [0.2, 0.25) is 0 Å². The zero-order valence-corrected chi connectivity index (χ0v) is 12.2. The van der Waals surface area contributed by atoms with E-state index in [1.165, 1.54) is 5.57 Å². The third-order valence-corrected chi connectivity index (χ3v) is 3.76. The predicted octanol–water partition coefficient (Wildman–Crippen LogP) is 5.01. The van der Waals surface area contributed by atoms with Crippen molar-refractivity contribution in [1.29, 1.82) is 0 Å². The van der Waals surface area contributed by atoms with Crippen LogP contribution >= 0.6 is 0 Å². The van der Waals surface area contributed by atoms with Gasteiger partial charge in [0.25, 0.3) is 0 Å². The van der Waals surface area contributed by atoms with Gasteiger partial charge in [0, 0.05) is 16.6 Å². The fourth-order valence-electron chi connectivity index (χ4n) is 2.76. The number of rotatable bonds is 3. The summed E-state index contributed by atoms with van der Waals surface area (Å²) in [5.74, 6) is 0.844. The molecule has 0 bridgehead atoms. The molecule has 0 saturated heterocycles. The topological polar surface area (TPSA) is 38.7 Å². The molecule has 0 spiro atoms. The summed E-state index contributed by atoms with van der Waals surface area (Å²) >= 11 is 0. The number of hydrogen-bond donors (Lipinski definition) is 0. The molecule has 0 atom stereocenters. The number of nitrogens with zero attached hydrogens (tertiary/aromatic N) is 1. The lowest BCUT2D eigenvalue weighted by molar-refractivity contribution is 0.229. The van der Waals surface area contributed by atoms with Crippen LogP contribution in [-0.4, -0.2) is 6.61 Å². The van der Waals surface area contributed by atoms with Gasteiger partial charge in [-0.05, 0) is 22.9 Å². The number of hydrogen-bond acceptors (Lipinski definition) is 3. The second kappa shape index (κ2) is 5.17. The first-order valence-corrected chi connectivity index (χ1v) is 6.98. The first-order valence-electron chi connectivity index (χ1n) is 6.98. The quantitative estimate of drug-likeness (QED) is 0.741. The number of benzene rings is 2. The van der Waals surface area contributed by atoms with Gasteiger partial charge in [-0.1, -0.05) is 56.3 Å². The van der Waals surface area contributed by atoms with Crippen molar-refractivity contribution in [3.05, 3.63) is 70.6 Å². The molecule has 21 heavy (non-hydrogen) atoms. The van der Waals surface area contributed by atoms with Gasteiger partial charge in [-0.25, -0.2) is 0 Å². The molecule has 3 heteroatoms. The highest BCUT2D eigenvalue weighted by Crippen LogP contribution is 2.46.